The Balaban J connectivity index is 2.63. The Morgan fingerprint density at radius 3 is 2.61 bits per heavy atom. The normalized spacial score (nSPS) is 10.7. The Bertz CT molecular complexity index is 653. The van der Waals surface area contributed by atoms with Crippen LogP contribution in [0.4, 0.5) is 0 Å². The van der Waals surface area contributed by atoms with Crippen LogP contribution in [0.1, 0.15) is 11.4 Å². The number of aliphatic hydroxyl groups is 1. The third-order valence-electron chi connectivity index (χ3n) is 2.48. The molecule has 0 amide bonds. The van der Waals surface area contributed by atoms with Crippen LogP contribution in [0, 0.1) is 6.92 Å². The van der Waals surface area contributed by atoms with Crippen LogP contribution >= 0.6 is 23.2 Å². The van der Waals surface area contributed by atoms with Gasteiger partial charge in [-0.2, -0.15) is 5.10 Å². The molecule has 94 valence electrons. The van der Waals surface area contributed by atoms with E-state index in [1.54, 1.807) is 25.1 Å². The van der Waals surface area contributed by atoms with E-state index in [1.807, 2.05) is 0 Å². The lowest BCUT2D eigenvalue weighted by Gasteiger charge is -2.11. The van der Waals surface area contributed by atoms with Gasteiger partial charge in [0.05, 0.1) is 22.3 Å². The number of nitrogens with zero attached hydrogens (tertiary/aromatic N) is 2. The van der Waals surface area contributed by atoms with E-state index < -0.39 is 6.61 Å². The van der Waals surface area contributed by atoms with Gasteiger partial charge in [-0.05, 0) is 25.1 Å². The molecule has 0 spiro atoms. The minimum atomic E-state index is -0.402. The van der Waals surface area contributed by atoms with Gasteiger partial charge >= 0.3 is 0 Å². The summed E-state index contributed by atoms with van der Waals surface area (Å²) in [4.78, 5) is 11.5. The van der Waals surface area contributed by atoms with Gasteiger partial charge in [0.1, 0.15) is 5.69 Å². The van der Waals surface area contributed by atoms with Crippen molar-refractivity contribution in [1.82, 2.24) is 9.78 Å². The number of hydrogen-bond donors (Lipinski definition) is 1. The second kappa shape index (κ2) is 5.10. The first-order valence-corrected chi connectivity index (χ1v) is 5.94. The maximum Gasteiger partial charge on any atom is 0.206 e. The third kappa shape index (κ3) is 2.41. The Morgan fingerprint density at radius 2 is 2.00 bits per heavy atom. The molecule has 0 radical (unpaired) electrons. The van der Waals surface area contributed by atoms with Crippen LogP contribution in [0.2, 0.25) is 10.0 Å². The summed E-state index contributed by atoms with van der Waals surface area (Å²) in [6.07, 6.45) is 0. The predicted molar refractivity (Wildman–Crippen MR) is 70.5 cm³/mol. The molecule has 1 aromatic carbocycles. The van der Waals surface area contributed by atoms with E-state index in [0.717, 1.165) is 0 Å². The van der Waals surface area contributed by atoms with Gasteiger partial charge < -0.3 is 5.11 Å². The molecule has 1 heterocycles. The number of hydrogen-bond acceptors (Lipinski definition) is 3. The summed E-state index contributed by atoms with van der Waals surface area (Å²) in [6.45, 7) is 1.35. The van der Waals surface area contributed by atoms with Crippen LogP contribution < -0.4 is 5.43 Å². The molecule has 2 aromatic rings. The largest absolute Gasteiger partial charge is 0.390 e. The average Bonchev–Trinajstić information content (AvgIpc) is 2.33. The fraction of sp³-hybridized carbons (Fsp3) is 0.167. The van der Waals surface area contributed by atoms with Crippen LogP contribution in [0.25, 0.3) is 5.69 Å². The Hall–Kier alpha value is -1.36. The quantitative estimate of drug-likeness (QED) is 0.921. The standard InChI is InChI=1S/C12H10Cl2N2O2/c1-7-4-12(18)11(6-17)15-16(7)8-2-3-9(13)10(14)5-8/h2-5,17H,6H2,1H3. The topological polar surface area (TPSA) is 55.1 Å². The van der Waals surface area contributed by atoms with Gasteiger partial charge in [-0.3, -0.25) is 4.79 Å². The highest BCUT2D eigenvalue weighted by molar-refractivity contribution is 6.42. The van der Waals surface area contributed by atoms with Crippen molar-refractivity contribution < 1.29 is 5.11 Å². The molecule has 0 saturated heterocycles. The molecular weight excluding hydrogens is 275 g/mol. The fourth-order valence-corrected chi connectivity index (χ4v) is 1.86. The van der Waals surface area contributed by atoms with E-state index in [0.29, 0.717) is 21.4 Å². The molecule has 0 aliphatic heterocycles. The average molecular weight is 285 g/mol. The molecule has 6 heteroatoms. The minimum Gasteiger partial charge on any atom is -0.390 e. The van der Waals surface area contributed by atoms with Crippen molar-refractivity contribution in [2.24, 2.45) is 0 Å². The van der Waals surface area contributed by atoms with Crippen LogP contribution in [-0.2, 0) is 6.61 Å². The molecule has 1 N–H and O–H groups in total. The van der Waals surface area contributed by atoms with Crippen molar-refractivity contribution >= 4 is 23.2 Å². The Kier molecular flexibility index (Phi) is 3.71. The lowest BCUT2D eigenvalue weighted by atomic mass is 10.3. The second-order valence-electron chi connectivity index (χ2n) is 3.76. The molecular formula is C12H10Cl2N2O2. The third-order valence-corrected chi connectivity index (χ3v) is 3.22. The molecule has 0 fully saturated rings. The fourth-order valence-electron chi connectivity index (χ4n) is 1.57. The Morgan fingerprint density at radius 1 is 1.28 bits per heavy atom. The van der Waals surface area contributed by atoms with Crippen molar-refractivity contribution in [3.05, 3.63) is 55.9 Å². The molecule has 0 saturated carbocycles. The zero-order valence-corrected chi connectivity index (χ0v) is 11.0. The number of rotatable bonds is 2. The van der Waals surface area contributed by atoms with E-state index >= 15 is 0 Å². The molecule has 0 unspecified atom stereocenters. The highest BCUT2D eigenvalue weighted by Gasteiger charge is 2.08. The highest BCUT2D eigenvalue weighted by Crippen LogP contribution is 2.24. The molecule has 0 aliphatic carbocycles. The monoisotopic (exact) mass is 284 g/mol. The smallest absolute Gasteiger partial charge is 0.206 e. The molecule has 0 aliphatic rings. The Labute approximate surface area is 113 Å². The van der Waals surface area contributed by atoms with Crippen LogP contribution in [0.15, 0.2) is 29.1 Å². The first-order valence-electron chi connectivity index (χ1n) is 5.19. The summed E-state index contributed by atoms with van der Waals surface area (Å²) in [5, 5.41) is 14.0. The zero-order valence-electron chi connectivity index (χ0n) is 9.52. The van der Waals surface area contributed by atoms with Gasteiger partial charge in [-0.1, -0.05) is 23.2 Å². The van der Waals surface area contributed by atoms with E-state index in [2.05, 4.69) is 5.10 Å². The predicted octanol–water partition coefficient (Wildman–Crippen LogP) is 2.34. The molecule has 18 heavy (non-hydrogen) atoms. The highest BCUT2D eigenvalue weighted by atomic mass is 35.5. The van der Waals surface area contributed by atoms with E-state index in [9.17, 15) is 4.79 Å². The summed E-state index contributed by atoms with van der Waals surface area (Å²) >= 11 is 11.8. The van der Waals surface area contributed by atoms with Crippen molar-refractivity contribution in [3.63, 3.8) is 0 Å². The molecule has 0 atom stereocenters. The molecule has 2 rings (SSSR count). The molecule has 1 aromatic heterocycles. The van der Waals surface area contributed by atoms with Gasteiger partial charge in [0, 0.05) is 11.8 Å². The second-order valence-corrected chi connectivity index (χ2v) is 4.58. The van der Waals surface area contributed by atoms with Crippen molar-refractivity contribution in [2.75, 3.05) is 0 Å². The van der Waals surface area contributed by atoms with Gasteiger partial charge in [0.25, 0.3) is 0 Å². The maximum absolute atomic E-state index is 11.5. The van der Waals surface area contributed by atoms with Gasteiger partial charge in [0.2, 0.25) is 5.43 Å². The van der Waals surface area contributed by atoms with Crippen molar-refractivity contribution in [3.8, 4) is 5.69 Å². The van der Waals surface area contributed by atoms with Crippen molar-refractivity contribution in [1.29, 1.82) is 0 Å². The summed E-state index contributed by atoms with van der Waals surface area (Å²) in [7, 11) is 0. The summed E-state index contributed by atoms with van der Waals surface area (Å²) in [6, 6.07) is 6.45. The van der Waals surface area contributed by atoms with Gasteiger partial charge in [0.15, 0.2) is 0 Å². The number of benzene rings is 1. The number of aliphatic hydroxyl groups excluding tert-OH is 1. The van der Waals surface area contributed by atoms with Gasteiger partial charge in [-0.25, -0.2) is 4.68 Å². The first-order chi connectivity index (χ1) is 8.52. The van der Waals surface area contributed by atoms with Gasteiger partial charge in [-0.15, -0.1) is 0 Å². The number of halogens is 2. The molecule has 0 bridgehead atoms. The summed E-state index contributed by atoms with van der Waals surface area (Å²) in [5.74, 6) is 0. The van der Waals surface area contributed by atoms with E-state index in [1.165, 1.54) is 10.7 Å². The number of aromatic nitrogens is 2. The lowest BCUT2D eigenvalue weighted by molar-refractivity contribution is 0.273. The summed E-state index contributed by atoms with van der Waals surface area (Å²) in [5.41, 5.74) is 1.13. The lowest BCUT2D eigenvalue weighted by Crippen LogP contribution is -2.18. The van der Waals surface area contributed by atoms with Crippen LogP contribution in [0.5, 0.6) is 0 Å². The van der Waals surface area contributed by atoms with E-state index in [-0.39, 0.29) is 11.1 Å². The zero-order chi connectivity index (χ0) is 13.3. The SMILES string of the molecule is Cc1cc(=O)c(CO)nn1-c1ccc(Cl)c(Cl)c1. The van der Waals surface area contributed by atoms with Crippen molar-refractivity contribution in [2.45, 2.75) is 13.5 Å². The number of aryl methyl sites for hydroxylation is 1. The van der Waals surface area contributed by atoms with E-state index in [4.69, 9.17) is 28.3 Å². The van der Waals surface area contributed by atoms with Crippen LogP contribution in [-0.4, -0.2) is 14.9 Å². The minimum absolute atomic E-state index is 0.0895. The van der Waals surface area contributed by atoms with Crippen LogP contribution in [0.3, 0.4) is 0 Å². The first kappa shape index (κ1) is 13.1. The molecule has 4 nitrogen and oxygen atoms in total. The maximum atomic E-state index is 11.5. The summed E-state index contributed by atoms with van der Waals surface area (Å²) < 4.78 is 1.54.